The standard InChI is InChI=1S/C20H18ClN3O/c1-2-14(15-6-4-3-5-7-15)13-23-20-18(12-22)24-19(25-20)16-8-10-17(21)11-9-16/h3-11,14,23H,2,13H2,1H3/t14-/m0/s1. The summed E-state index contributed by atoms with van der Waals surface area (Å²) in [5.74, 6) is 1.14. The molecule has 0 aliphatic carbocycles. The summed E-state index contributed by atoms with van der Waals surface area (Å²) in [4.78, 5) is 4.27. The molecule has 0 fully saturated rings. The van der Waals surface area contributed by atoms with E-state index in [9.17, 15) is 5.26 Å². The summed E-state index contributed by atoms with van der Waals surface area (Å²) in [6.07, 6.45) is 0.983. The van der Waals surface area contributed by atoms with Crippen LogP contribution in [0.2, 0.25) is 5.02 Å². The van der Waals surface area contributed by atoms with Crippen LogP contribution in [0, 0.1) is 11.3 Å². The summed E-state index contributed by atoms with van der Waals surface area (Å²) >= 11 is 5.91. The third-order valence-corrected chi connectivity index (χ3v) is 4.35. The van der Waals surface area contributed by atoms with Crippen molar-refractivity contribution >= 4 is 17.5 Å². The average Bonchev–Trinajstić information content (AvgIpc) is 3.07. The Morgan fingerprint density at radius 1 is 1.16 bits per heavy atom. The first-order valence-electron chi connectivity index (χ1n) is 8.17. The Balaban J connectivity index is 1.78. The van der Waals surface area contributed by atoms with E-state index in [4.69, 9.17) is 16.0 Å². The van der Waals surface area contributed by atoms with Crippen LogP contribution in [-0.4, -0.2) is 11.5 Å². The van der Waals surface area contributed by atoms with Gasteiger partial charge in [-0.15, -0.1) is 0 Å². The van der Waals surface area contributed by atoms with Crippen LogP contribution in [0.15, 0.2) is 59.0 Å². The quantitative estimate of drug-likeness (QED) is 0.639. The van der Waals surface area contributed by atoms with Crippen molar-refractivity contribution in [3.8, 4) is 17.5 Å². The minimum atomic E-state index is 0.257. The number of nitriles is 1. The van der Waals surface area contributed by atoms with Crippen molar-refractivity contribution in [2.75, 3.05) is 11.9 Å². The topological polar surface area (TPSA) is 61.9 Å². The van der Waals surface area contributed by atoms with Crippen molar-refractivity contribution in [2.24, 2.45) is 0 Å². The van der Waals surface area contributed by atoms with Crippen LogP contribution < -0.4 is 5.32 Å². The fourth-order valence-corrected chi connectivity index (χ4v) is 2.80. The van der Waals surface area contributed by atoms with Crippen molar-refractivity contribution in [3.63, 3.8) is 0 Å². The molecule has 3 rings (SSSR count). The maximum atomic E-state index is 9.33. The van der Waals surface area contributed by atoms with Gasteiger partial charge in [0.2, 0.25) is 17.5 Å². The molecule has 0 aliphatic rings. The largest absolute Gasteiger partial charge is 0.419 e. The van der Waals surface area contributed by atoms with Crippen molar-refractivity contribution in [1.82, 2.24) is 4.98 Å². The maximum absolute atomic E-state index is 9.33. The normalized spacial score (nSPS) is 11.7. The summed E-state index contributed by atoms with van der Waals surface area (Å²) in [7, 11) is 0. The van der Waals surface area contributed by atoms with Crippen LogP contribution in [-0.2, 0) is 0 Å². The molecule has 25 heavy (non-hydrogen) atoms. The van der Waals surface area contributed by atoms with E-state index in [-0.39, 0.29) is 5.69 Å². The van der Waals surface area contributed by atoms with Gasteiger partial charge in [-0.25, -0.2) is 0 Å². The molecule has 2 aromatic carbocycles. The second-order valence-corrected chi connectivity index (χ2v) is 6.15. The summed E-state index contributed by atoms with van der Waals surface area (Å²) in [6, 6.07) is 19.5. The van der Waals surface area contributed by atoms with Crippen LogP contribution in [0.5, 0.6) is 0 Å². The zero-order valence-electron chi connectivity index (χ0n) is 13.9. The van der Waals surface area contributed by atoms with E-state index in [2.05, 4.69) is 35.4 Å². The molecule has 0 amide bonds. The van der Waals surface area contributed by atoms with Crippen LogP contribution >= 0.6 is 11.6 Å². The smallest absolute Gasteiger partial charge is 0.232 e. The summed E-state index contributed by atoms with van der Waals surface area (Å²) < 4.78 is 5.77. The Morgan fingerprint density at radius 2 is 1.88 bits per heavy atom. The SMILES string of the molecule is CC[C@@H](CNc1oc(-c2ccc(Cl)cc2)nc1C#N)c1ccccc1. The molecule has 0 saturated carbocycles. The lowest BCUT2D eigenvalue weighted by molar-refractivity contribution is 0.577. The third-order valence-electron chi connectivity index (χ3n) is 4.10. The summed E-state index contributed by atoms with van der Waals surface area (Å²) in [5, 5.41) is 13.2. The van der Waals surface area contributed by atoms with Gasteiger partial charge in [-0.2, -0.15) is 10.2 Å². The highest BCUT2D eigenvalue weighted by molar-refractivity contribution is 6.30. The van der Waals surface area contributed by atoms with Crippen LogP contribution in [0.3, 0.4) is 0 Å². The van der Waals surface area contributed by atoms with Gasteiger partial charge in [-0.1, -0.05) is 48.9 Å². The number of anilines is 1. The number of benzene rings is 2. The Kier molecular flexibility index (Phi) is 5.37. The summed E-state index contributed by atoms with van der Waals surface area (Å²) in [5.41, 5.74) is 2.30. The van der Waals surface area contributed by atoms with Gasteiger partial charge in [-0.3, -0.25) is 0 Å². The van der Waals surface area contributed by atoms with E-state index in [1.54, 1.807) is 12.1 Å². The number of nitrogens with zero attached hydrogens (tertiary/aromatic N) is 2. The lowest BCUT2D eigenvalue weighted by atomic mass is 9.96. The van der Waals surface area contributed by atoms with Crippen LogP contribution in [0.1, 0.15) is 30.5 Å². The van der Waals surface area contributed by atoms with Crippen LogP contribution in [0.25, 0.3) is 11.5 Å². The molecule has 1 atom stereocenters. The van der Waals surface area contributed by atoms with Gasteiger partial charge >= 0.3 is 0 Å². The molecule has 0 radical (unpaired) electrons. The molecule has 0 spiro atoms. The Hall–Kier alpha value is -2.77. The van der Waals surface area contributed by atoms with Crippen molar-refractivity contribution < 1.29 is 4.42 Å². The second kappa shape index (κ2) is 7.87. The minimum absolute atomic E-state index is 0.257. The molecule has 0 aliphatic heterocycles. The zero-order chi connectivity index (χ0) is 17.6. The zero-order valence-corrected chi connectivity index (χ0v) is 14.6. The number of nitrogens with one attached hydrogen (secondary N) is 1. The third kappa shape index (κ3) is 4.01. The number of hydrogen-bond acceptors (Lipinski definition) is 4. The molecule has 0 unspecified atom stereocenters. The lowest BCUT2D eigenvalue weighted by Gasteiger charge is -2.15. The Bertz CT molecular complexity index is 866. The fourth-order valence-electron chi connectivity index (χ4n) is 2.67. The molecule has 1 heterocycles. The van der Waals surface area contributed by atoms with Gasteiger partial charge < -0.3 is 9.73 Å². The first-order chi connectivity index (χ1) is 12.2. The van der Waals surface area contributed by atoms with Gasteiger partial charge in [0, 0.05) is 23.0 Å². The van der Waals surface area contributed by atoms with Gasteiger partial charge in [0.25, 0.3) is 0 Å². The van der Waals surface area contributed by atoms with E-state index >= 15 is 0 Å². The highest BCUT2D eigenvalue weighted by Crippen LogP contribution is 2.27. The number of hydrogen-bond donors (Lipinski definition) is 1. The molecule has 3 aromatic rings. The molecule has 5 heteroatoms. The van der Waals surface area contributed by atoms with E-state index in [0.29, 0.717) is 29.3 Å². The number of oxazole rings is 1. The minimum Gasteiger partial charge on any atom is -0.419 e. The molecular formula is C20H18ClN3O. The van der Waals surface area contributed by atoms with Crippen molar-refractivity contribution in [3.05, 3.63) is 70.9 Å². The molecule has 126 valence electrons. The first-order valence-corrected chi connectivity index (χ1v) is 8.54. The van der Waals surface area contributed by atoms with E-state index in [0.717, 1.165) is 12.0 Å². The Labute approximate surface area is 152 Å². The molecule has 0 bridgehead atoms. The fraction of sp³-hybridized carbons (Fsp3) is 0.200. The molecule has 1 N–H and O–H groups in total. The van der Waals surface area contributed by atoms with E-state index in [1.807, 2.05) is 30.3 Å². The Morgan fingerprint density at radius 3 is 2.52 bits per heavy atom. The van der Waals surface area contributed by atoms with Crippen molar-refractivity contribution in [1.29, 1.82) is 5.26 Å². The van der Waals surface area contributed by atoms with Gasteiger partial charge in [0.05, 0.1) is 0 Å². The summed E-state index contributed by atoms with van der Waals surface area (Å²) in [6.45, 7) is 2.81. The molecule has 0 saturated heterocycles. The molecule has 4 nitrogen and oxygen atoms in total. The average molecular weight is 352 g/mol. The van der Waals surface area contributed by atoms with E-state index in [1.165, 1.54) is 5.56 Å². The number of aromatic nitrogens is 1. The van der Waals surface area contributed by atoms with Crippen molar-refractivity contribution in [2.45, 2.75) is 19.3 Å². The van der Waals surface area contributed by atoms with Crippen LogP contribution in [0.4, 0.5) is 5.88 Å². The number of halogens is 1. The highest BCUT2D eigenvalue weighted by Gasteiger charge is 2.16. The molecular weight excluding hydrogens is 334 g/mol. The monoisotopic (exact) mass is 351 g/mol. The molecule has 1 aromatic heterocycles. The second-order valence-electron chi connectivity index (χ2n) is 5.71. The predicted octanol–water partition coefficient (Wildman–Crippen LogP) is 5.47. The number of rotatable bonds is 6. The van der Waals surface area contributed by atoms with Gasteiger partial charge in [0.1, 0.15) is 6.07 Å². The highest BCUT2D eigenvalue weighted by atomic mass is 35.5. The predicted molar refractivity (Wildman–Crippen MR) is 99.6 cm³/mol. The first kappa shape index (κ1) is 17.1. The van der Waals surface area contributed by atoms with Gasteiger partial charge in [-0.05, 0) is 36.2 Å². The lowest BCUT2D eigenvalue weighted by Crippen LogP contribution is -2.12. The maximum Gasteiger partial charge on any atom is 0.232 e. The van der Waals surface area contributed by atoms with E-state index < -0.39 is 0 Å². The van der Waals surface area contributed by atoms with Gasteiger partial charge in [0.15, 0.2) is 0 Å².